The molecule has 0 unspecified atom stereocenters. The van der Waals surface area contributed by atoms with E-state index in [4.69, 9.17) is 9.47 Å². The van der Waals surface area contributed by atoms with Gasteiger partial charge in [0.2, 0.25) is 21.8 Å². The molecule has 1 atom stereocenters. The van der Waals surface area contributed by atoms with E-state index in [9.17, 15) is 18.0 Å². The van der Waals surface area contributed by atoms with Crippen molar-refractivity contribution < 1.29 is 27.5 Å². The number of carbonyl (C=O) groups excluding carboxylic acids is 2. The number of carbonyl (C=O) groups is 2. The van der Waals surface area contributed by atoms with E-state index in [0.717, 1.165) is 16.1 Å². The van der Waals surface area contributed by atoms with Crippen molar-refractivity contribution in [3.63, 3.8) is 0 Å². The molecule has 0 aromatic heterocycles. The van der Waals surface area contributed by atoms with Gasteiger partial charge in [-0.3, -0.25) is 13.9 Å². The summed E-state index contributed by atoms with van der Waals surface area (Å²) in [5.41, 5.74) is 1.01. The third-order valence-corrected chi connectivity index (χ3v) is 6.27. The summed E-state index contributed by atoms with van der Waals surface area (Å²) < 4.78 is 36.8. The van der Waals surface area contributed by atoms with E-state index in [1.165, 1.54) is 12.0 Å². The number of hydrogen-bond acceptors (Lipinski definition) is 6. The maximum Gasteiger partial charge on any atom is 0.244 e. The van der Waals surface area contributed by atoms with E-state index in [2.05, 4.69) is 5.32 Å². The Balaban J connectivity index is 2.41. The lowest BCUT2D eigenvalue weighted by Gasteiger charge is -2.32. The van der Waals surface area contributed by atoms with Crippen LogP contribution in [0.4, 0.5) is 5.69 Å². The number of nitrogens with one attached hydrogen (secondary N) is 1. The molecule has 0 saturated carbocycles. The van der Waals surface area contributed by atoms with Crippen LogP contribution >= 0.6 is 0 Å². The summed E-state index contributed by atoms with van der Waals surface area (Å²) >= 11 is 0. The Morgan fingerprint density at radius 3 is 2.12 bits per heavy atom. The lowest BCUT2D eigenvalue weighted by molar-refractivity contribution is -0.139. The first-order valence-electron chi connectivity index (χ1n) is 10.8. The lowest BCUT2D eigenvalue weighted by Crippen LogP contribution is -2.52. The van der Waals surface area contributed by atoms with Crippen molar-refractivity contribution in [1.29, 1.82) is 0 Å². The predicted octanol–water partition coefficient (Wildman–Crippen LogP) is 2.41. The van der Waals surface area contributed by atoms with Crippen LogP contribution in [-0.4, -0.2) is 64.2 Å². The Bertz CT molecular complexity index is 1090. The molecule has 0 saturated heterocycles. The van der Waals surface area contributed by atoms with Gasteiger partial charge in [-0.1, -0.05) is 24.3 Å². The summed E-state index contributed by atoms with van der Waals surface area (Å²) in [4.78, 5) is 27.6. The number of nitrogens with zero attached hydrogens (tertiary/aromatic N) is 2. The average molecular weight is 492 g/mol. The quantitative estimate of drug-likeness (QED) is 0.518. The molecule has 2 aromatic carbocycles. The van der Waals surface area contributed by atoms with Crippen molar-refractivity contribution >= 4 is 27.5 Å². The van der Waals surface area contributed by atoms with Gasteiger partial charge in [0, 0.05) is 12.6 Å². The first-order chi connectivity index (χ1) is 16.0. The van der Waals surface area contributed by atoms with Crippen LogP contribution in [0.3, 0.4) is 0 Å². The van der Waals surface area contributed by atoms with Crippen molar-refractivity contribution in [2.45, 2.75) is 39.4 Å². The van der Waals surface area contributed by atoms with E-state index in [1.54, 1.807) is 62.6 Å². The highest BCUT2D eigenvalue weighted by Gasteiger charge is 2.31. The standard InChI is InChI=1S/C24H33N3O6S/c1-17(2)25-24(29)18(3)26(15-19-11-13-20(32-4)14-12-19)23(28)16-27(34(6,30)31)21-9-7-8-10-22(21)33-5/h7-14,17-18H,15-16H2,1-6H3,(H,25,29)/t18-/m0/s1. The Hall–Kier alpha value is -3.27. The van der Waals surface area contributed by atoms with Gasteiger partial charge in [-0.2, -0.15) is 0 Å². The number of sulfonamides is 1. The third-order valence-electron chi connectivity index (χ3n) is 5.14. The molecule has 2 aromatic rings. The number of ether oxygens (including phenoxy) is 2. The van der Waals surface area contributed by atoms with Gasteiger partial charge in [0.15, 0.2) is 0 Å². The zero-order valence-corrected chi connectivity index (χ0v) is 21.3. The fourth-order valence-electron chi connectivity index (χ4n) is 3.35. The van der Waals surface area contributed by atoms with E-state index in [-0.39, 0.29) is 24.2 Å². The number of rotatable bonds is 11. The molecule has 0 aliphatic carbocycles. The highest BCUT2D eigenvalue weighted by Crippen LogP contribution is 2.29. The third kappa shape index (κ3) is 7.11. The van der Waals surface area contributed by atoms with Crippen LogP contribution in [-0.2, 0) is 26.2 Å². The Morgan fingerprint density at radius 1 is 0.971 bits per heavy atom. The van der Waals surface area contributed by atoms with Gasteiger partial charge < -0.3 is 19.7 Å². The fraction of sp³-hybridized carbons (Fsp3) is 0.417. The number of hydrogen-bond donors (Lipinski definition) is 1. The Labute approximate surface area is 201 Å². The molecule has 186 valence electrons. The molecule has 2 amide bonds. The minimum Gasteiger partial charge on any atom is -0.497 e. The van der Waals surface area contributed by atoms with Crippen molar-refractivity contribution in [3.05, 3.63) is 54.1 Å². The smallest absolute Gasteiger partial charge is 0.244 e. The monoisotopic (exact) mass is 491 g/mol. The summed E-state index contributed by atoms with van der Waals surface area (Å²) in [7, 11) is -0.855. The summed E-state index contributed by atoms with van der Waals surface area (Å²) in [6.07, 6.45) is 1.02. The van der Waals surface area contributed by atoms with Crippen LogP contribution in [0.2, 0.25) is 0 Å². The maximum absolute atomic E-state index is 13.5. The zero-order valence-electron chi connectivity index (χ0n) is 20.4. The van der Waals surface area contributed by atoms with Crippen molar-refractivity contribution in [1.82, 2.24) is 10.2 Å². The molecule has 0 heterocycles. The van der Waals surface area contributed by atoms with Gasteiger partial charge in [0.25, 0.3) is 0 Å². The van der Waals surface area contributed by atoms with E-state index < -0.39 is 28.5 Å². The molecular weight excluding hydrogens is 458 g/mol. The minimum atomic E-state index is -3.84. The molecule has 0 fully saturated rings. The summed E-state index contributed by atoms with van der Waals surface area (Å²) in [5.74, 6) is 0.110. The van der Waals surface area contributed by atoms with Gasteiger partial charge in [0.1, 0.15) is 24.1 Å². The van der Waals surface area contributed by atoms with Gasteiger partial charge in [0.05, 0.1) is 26.2 Å². The van der Waals surface area contributed by atoms with Crippen molar-refractivity contribution in [3.8, 4) is 11.5 Å². The lowest BCUT2D eigenvalue weighted by atomic mass is 10.1. The Kier molecular flexibility index (Phi) is 9.31. The summed E-state index contributed by atoms with van der Waals surface area (Å²) in [6.45, 7) is 4.89. The molecule has 0 aliphatic rings. The highest BCUT2D eigenvalue weighted by molar-refractivity contribution is 7.92. The second-order valence-electron chi connectivity index (χ2n) is 8.15. The second kappa shape index (κ2) is 11.7. The molecule has 9 nitrogen and oxygen atoms in total. The average Bonchev–Trinajstić information content (AvgIpc) is 2.79. The molecule has 1 N–H and O–H groups in total. The molecule has 0 bridgehead atoms. The highest BCUT2D eigenvalue weighted by atomic mass is 32.2. The van der Waals surface area contributed by atoms with Crippen LogP contribution in [0, 0.1) is 0 Å². The minimum absolute atomic E-state index is 0.110. The largest absolute Gasteiger partial charge is 0.497 e. The summed E-state index contributed by atoms with van der Waals surface area (Å²) in [5, 5.41) is 2.81. The maximum atomic E-state index is 13.5. The summed E-state index contributed by atoms with van der Waals surface area (Å²) in [6, 6.07) is 12.7. The molecule has 0 aliphatic heterocycles. The van der Waals surface area contributed by atoms with Gasteiger partial charge >= 0.3 is 0 Å². The zero-order chi connectivity index (χ0) is 25.5. The van der Waals surface area contributed by atoms with Crippen LogP contribution in [0.5, 0.6) is 11.5 Å². The molecule has 0 radical (unpaired) electrons. The van der Waals surface area contributed by atoms with Crippen LogP contribution in [0.25, 0.3) is 0 Å². The number of amides is 2. The normalized spacial score (nSPS) is 12.1. The molecule has 0 spiro atoms. The molecular formula is C24H33N3O6S. The fourth-order valence-corrected chi connectivity index (χ4v) is 4.20. The van der Waals surface area contributed by atoms with Crippen LogP contribution in [0.15, 0.2) is 48.5 Å². The van der Waals surface area contributed by atoms with Crippen LogP contribution in [0.1, 0.15) is 26.3 Å². The first-order valence-corrected chi connectivity index (χ1v) is 12.7. The SMILES string of the molecule is COc1ccc(CN(C(=O)CN(c2ccccc2OC)S(C)(=O)=O)[C@@H](C)C(=O)NC(C)C)cc1. The molecule has 2 rings (SSSR count). The van der Waals surface area contributed by atoms with E-state index in [1.807, 2.05) is 13.8 Å². The van der Waals surface area contributed by atoms with Gasteiger partial charge in [-0.25, -0.2) is 8.42 Å². The van der Waals surface area contributed by atoms with E-state index >= 15 is 0 Å². The topological polar surface area (TPSA) is 105 Å². The molecule has 34 heavy (non-hydrogen) atoms. The molecule has 10 heteroatoms. The number of methoxy groups -OCH3 is 2. The van der Waals surface area contributed by atoms with Gasteiger partial charge in [-0.05, 0) is 50.6 Å². The van der Waals surface area contributed by atoms with Crippen molar-refractivity contribution in [2.75, 3.05) is 31.3 Å². The van der Waals surface area contributed by atoms with Crippen LogP contribution < -0.4 is 19.1 Å². The first kappa shape index (κ1) is 27.0. The van der Waals surface area contributed by atoms with E-state index in [0.29, 0.717) is 11.5 Å². The number of benzene rings is 2. The number of anilines is 1. The predicted molar refractivity (Wildman–Crippen MR) is 131 cm³/mol. The van der Waals surface area contributed by atoms with Gasteiger partial charge in [-0.15, -0.1) is 0 Å². The van der Waals surface area contributed by atoms with Crippen molar-refractivity contribution in [2.24, 2.45) is 0 Å². The number of para-hydroxylation sites is 2. The second-order valence-corrected chi connectivity index (χ2v) is 10.1. The Morgan fingerprint density at radius 2 is 1.59 bits per heavy atom.